The van der Waals surface area contributed by atoms with E-state index in [2.05, 4.69) is 17.2 Å². The second-order valence-electron chi connectivity index (χ2n) is 5.60. The van der Waals surface area contributed by atoms with Gasteiger partial charge in [-0.25, -0.2) is 4.98 Å². The summed E-state index contributed by atoms with van der Waals surface area (Å²) in [4.78, 5) is 17.6. The van der Waals surface area contributed by atoms with Crippen LogP contribution in [0, 0.1) is 0 Å². The molecule has 0 aliphatic carbocycles. The van der Waals surface area contributed by atoms with Gasteiger partial charge < -0.3 is 9.73 Å². The van der Waals surface area contributed by atoms with E-state index in [1.165, 1.54) is 18.4 Å². The van der Waals surface area contributed by atoms with Gasteiger partial charge in [0.15, 0.2) is 0 Å². The van der Waals surface area contributed by atoms with Crippen molar-refractivity contribution in [3.05, 3.63) is 64.9 Å². The normalized spacial score (nSPS) is 10.7. The molecular formula is C19H20N2O2S. The van der Waals surface area contributed by atoms with E-state index >= 15 is 0 Å². The van der Waals surface area contributed by atoms with Crippen LogP contribution in [0.15, 0.2) is 52.5 Å². The molecule has 4 nitrogen and oxygen atoms in total. The zero-order valence-corrected chi connectivity index (χ0v) is 14.4. The van der Waals surface area contributed by atoms with E-state index in [1.54, 1.807) is 17.6 Å². The Labute approximate surface area is 145 Å². The van der Waals surface area contributed by atoms with Gasteiger partial charge in [-0.05, 0) is 42.0 Å². The first-order chi connectivity index (χ1) is 11.8. The van der Waals surface area contributed by atoms with E-state index in [0.29, 0.717) is 23.7 Å². The summed E-state index contributed by atoms with van der Waals surface area (Å²) >= 11 is 1.57. The standard InChI is InChI=1S/C19H20N2O2S/c1-2-3-5-14-7-9-15(10-8-14)18(22)20-12-16-13-23-19(21-16)17-6-4-11-24-17/h4,6-11,13H,2-3,5,12H2,1H3,(H,20,22). The fourth-order valence-corrected chi connectivity index (χ4v) is 3.03. The quantitative estimate of drug-likeness (QED) is 0.679. The summed E-state index contributed by atoms with van der Waals surface area (Å²) in [6.07, 6.45) is 4.99. The third-order valence-corrected chi connectivity index (χ3v) is 4.61. The molecule has 0 bridgehead atoms. The number of benzene rings is 1. The number of oxazole rings is 1. The SMILES string of the molecule is CCCCc1ccc(C(=O)NCc2coc(-c3cccs3)n2)cc1. The van der Waals surface area contributed by atoms with Crippen molar-refractivity contribution in [3.63, 3.8) is 0 Å². The van der Waals surface area contributed by atoms with Crippen LogP contribution in [0.4, 0.5) is 0 Å². The lowest BCUT2D eigenvalue weighted by Crippen LogP contribution is -2.22. The molecule has 3 aromatic rings. The molecule has 1 amide bonds. The van der Waals surface area contributed by atoms with E-state index in [9.17, 15) is 4.79 Å². The van der Waals surface area contributed by atoms with Crippen molar-refractivity contribution in [1.82, 2.24) is 10.3 Å². The average molecular weight is 340 g/mol. The number of thiophene rings is 1. The number of aryl methyl sites for hydroxylation is 1. The first-order valence-corrected chi connectivity index (χ1v) is 8.99. The fourth-order valence-electron chi connectivity index (χ4n) is 2.38. The van der Waals surface area contributed by atoms with Crippen LogP contribution in [-0.2, 0) is 13.0 Å². The van der Waals surface area contributed by atoms with Crippen molar-refractivity contribution in [2.24, 2.45) is 0 Å². The molecule has 1 aromatic carbocycles. The van der Waals surface area contributed by atoms with Crippen molar-refractivity contribution in [2.75, 3.05) is 0 Å². The lowest BCUT2D eigenvalue weighted by Gasteiger charge is -2.05. The molecule has 0 fully saturated rings. The van der Waals surface area contributed by atoms with Gasteiger partial charge in [-0.3, -0.25) is 4.79 Å². The van der Waals surface area contributed by atoms with Crippen LogP contribution in [0.25, 0.3) is 10.8 Å². The Morgan fingerprint density at radius 3 is 2.79 bits per heavy atom. The number of nitrogens with one attached hydrogen (secondary N) is 1. The van der Waals surface area contributed by atoms with Gasteiger partial charge in [-0.1, -0.05) is 31.5 Å². The Balaban J connectivity index is 1.55. The van der Waals surface area contributed by atoms with E-state index < -0.39 is 0 Å². The van der Waals surface area contributed by atoms with Crippen molar-refractivity contribution in [1.29, 1.82) is 0 Å². The molecule has 0 atom stereocenters. The summed E-state index contributed by atoms with van der Waals surface area (Å²) in [6.45, 7) is 2.53. The second-order valence-corrected chi connectivity index (χ2v) is 6.55. The number of carbonyl (C=O) groups excluding carboxylic acids is 1. The Morgan fingerprint density at radius 1 is 1.25 bits per heavy atom. The number of carbonyl (C=O) groups is 1. The molecule has 2 aromatic heterocycles. The van der Waals surface area contributed by atoms with Crippen LogP contribution >= 0.6 is 11.3 Å². The Hall–Kier alpha value is -2.40. The highest BCUT2D eigenvalue weighted by atomic mass is 32.1. The highest BCUT2D eigenvalue weighted by molar-refractivity contribution is 7.13. The van der Waals surface area contributed by atoms with E-state index in [1.807, 2.05) is 41.8 Å². The fraction of sp³-hybridized carbons (Fsp3) is 0.263. The zero-order valence-electron chi connectivity index (χ0n) is 13.6. The molecule has 0 aliphatic heterocycles. The molecule has 5 heteroatoms. The van der Waals surface area contributed by atoms with Crippen LogP contribution in [0.2, 0.25) is 0 Å². The van der Waals surface area contributed by atoms with Crippen LogP contribution in [0.5, 0.6) is 0 Å². The minimum Gasteiger partial charge on any atom is -0.443 e. The molecule has 0 saturated heterocycles. The maximum atomic E-state index is 12.2. The van der Waals surface area contributed by atoms with Gasteiger partial charge >= 0.3 is 0 Å². The number of hydrogen-bond donors (Lipinski definition) is 1. The molecule has 0 saturated carbocycles. The van der Waals surface area contributed by atoms with Crippen LogP contribution in [0.3, 0.4) is 0 Å². The Kier molecular flexibility index (Phi) is 5.43. The summed E-state index contributed by atoms with van der Waals surface area (Å²) in [5, 5.41) is 4.86. The summed E-state index contributed by atoms with van der Waals surface area (Å²) in [5.41, 5.74) is 2.65. The number of amides is 1. The Morgan fingerprint density at radius 2 is 2.08 bits per heavy atom. The predicted molar refractivity (Wildman–Crippen MR) is 96.0 cm³/mol. The van der Waals surface area contributed by atoms with Crippen molar-refractivity contribution >= 4 is 17.2 Å². The van der Waals surface area contributed by atoms with Gasteiger partial charge in [0.05, 0.1) is 17.1 Å². The highest BCUT2D eigenvalue weighted by Gasteiger charge is 2.10. The van der Waals surface area contributed by atoms with Gasteiger partial charge in [0.25, 0.3) is 5.91 Å². The third-order valence-electron chi connectivity index (χ3n) is 3.75. The van der Waals surface area contributed by atoms with E-state index in [0.717, 1.165) is 11.3 Å². The molecule has 124 valence electrons. The number of rotatable bonds is 7. The van der Waals surface area contributed by atoms with Crippen LogP contribution in [0.1, 0.15) is 41.4 Å². The largest absolute Gasteiger partial charge is 0.443 e. The van der Waals surface area contributed by atoms with Crippen molar-refractivity contribution in [3.8, 4) is 10.8 Å². The maximum Gasteiger partial charge on any atom is 0.251 e. The topological polar surface area (TPSA) is 55.1 Å². The van der Waals surface area contributed by atoms with E-state index in [-0.39, 0.29) is 5.91 Å². The maximum absolute atomic E-state index is 12.2. The summed E-state index contributed by atoms with van der Waals surface area (Å²) in [7, 11) is 0. The molecule has 24 heavy (non-hydrogen) atoms. The first kappa shape index (κ1) is 16.5. The first-order valence-electron chi connectivity index (χ1n) is 8.11. The summed E-state index contributed by atoms with van der Waals surface area (Å²) in [6, 6.07) is 11.7. The zero-order chi connectivity index (χ0) is 16.8. The lowest BCUT2D eigenvalue weighted by atomic mass is 10.1. The number of unbranched alkanes of at least 4 members (excludes halogenated alkanes) is 1. The van der Waals surface area contributed by atoms with Gasteiger partial charge in [0.2, 0.25) is 5.89 Å². The molecular weight excluding hydrogens is 320 g/mol. The number of hydrogen-bond acceptors (Lipinski definition) is 4. The summed E-state index contributed by atoms with van der Waals surface area (Å²) in [5.74, 6) is 0.493. The number of aromatic nitrogens is 1. The molecule has 0 spiro atoms. The van der Waals surface area contributed by atoms with E-state index in [4.69, 9.17) is 4.42 Å². The molecule has 2 heterocycles. The molecule has 0 aliphatic rings. The second kappa shape index (κ2) is 7.93. The van der Waals surface area contributed by atoms with Gasteiger partial charge in [-0.2, -0.15) is 0 Å². The van der Waals surface area contributed by atoms with Crippen molar-refractivity contribution in [2.45, 2.75) is 32.7 Å². The molecule has 3 rings (SSSR count). The lowest BCUT2D eigenvalue weighted by molar-refractivity contribution is 0.0950. The van der Waals surface area contributed by atoms with Gasteiger partial charge in [0.1, 0.15) is 6.26 Å². The van der Waals surface area contributed by atoms with Crippen LogP contribution < -0.4 is 5.32 Å². The van der Waals surface area contributed by atoms with Crippen LogP contribution in [-0.4, -0.2) is 10.9 Å². The highest BCUT2D eigenvalue weighted by Crippen LogP contribution is 2.23. The monoisotopic (exact) mass is 340 g/mol. The van der Waals surface area contributed by atoms with Gasteiger partial charge in [-0.15, -0.1) is 11.3 Å². The molecule has 0 radical (unpaired) electrons. The average Bonchev–Trinajstić information content (AvgIpc) is 3.29. The minimum atomic E-state index is -0.0993. The minimum absolute atomic E-state index is 0.0993. The summed E-state index contributed by atoms with van der Waals surface area (Å²) < 4.78 is 5.45. The van der Waals surface area contributed by atoms with Gasteiger partial charge in [0, 0.05) is 5.56 Å². The molecule has 1 N–H and O–H groups in total. The number of nitrogens with zero attached hydrogens (tertiary/aromatic N) is 1. The smallest absolute Gasteiger partial charge is 0.251 e. The third kappa shape index (κ3) is 4.11. The predicted octanol–water partition coefficient (Wildman–Crippen LogP) is 4.68. The molecule has 0 unspecified atom stereocenters. The Bertz CT molecular complexity index is 776. The van der Waals surface area contributed by atoms with Crippen molar-refractivity contribution < 1.29 is 9.21 Å².